The number of esters is 1. The van der Waals surface area contributed by atoms with Gasteiger partial charge in [-0.3, -0.25) is 9.59 Å². The molecule has 8 heteroatoms. The molecule has 7 nitrogen and oxygen atoms in total. The Labute approximate surface area is 206 Å². The number of cyclic esters (lactones) is 1. The Morgan fingerprint density at radius 2 is 1.91 bits per heavy atom. The van der Waals surface area contributed by atoms with Crippen LogP contribution in [0.25, 0.3) is 6.08 Å². The van der Waals surface area contributed by atoms with Crippen molar-refractivity contribution >= 4 is 29.2 Å². The number of carbonyl (C=O) groups is 2. The fraction of sp³-hybridized carbons (Fsp3) is 0.731. The Hall–Kier alpha value is -1.61. The lowest BCUT2D eigenvalue weighted by Crippen LogP contribution is -2.45. The molecular formula is C26H39NO6S. The van der Waals surface area contributed by atoms with Gasteiger partial charge in [0.15, 0.2) is 0 Å². The summed E-state index contributed by atoms with van der Waals surface area (Å²) in [6.07, 6.45) is 2.28. The highest BCUT2D eigenvalue weighted by molar-refractivity contribution is 7.09. The van der Waals surface area contributed by atoms with E-state index < -0.39 is 35.6 Å². The number of nitrogens with zero attached hydrogens (tertiary/aromatic N) is 1. The van der Waals surface area contributed by atoms with Gasteiger partial charge < -0.3 is 19.7 Å². The molecule has 2 aliphatic heterocycles. The molecule has 0 radical (unpaired) electrons. The first kappa shape index (κ1) is 27.0. The van der Waals surface area contributed by atoms with Crippen LogP contribution in [0.4, 0.5) is 0 Å². The van der Waals surface area contributed by atoms with Crippen molar-refractivity contribution in [3.8, 4) is 0 Å². The summed E-state index contributed by atoms with van der Waals surface area (Å²) in [5, 5.41) is 24.5. The summed E-state index contributed by atoms with van der Waals surface area (Å²) >= 11 is 1.56. The summed E-state index contributed by atoms with van der Waals surface area (Å²) in [4.78, 5) is 30.5. The van der Waals surface area contributed by atoms with Gasteiger partial charge in [-0.25, -0.2) is 4.98 Å². The number of thiazole rings is 1. The molecule has 2 N–H and O–H groups in total. The molecule has 0 spiro atoms. The minimum atomic E-state index is -1.22. The second kappa shape index (κ2) is 11.0. The van der Waals surface area contributed by atoms with E-state index in [1.54, 1.807) is 32.1 Å². The van der Waals surface area contributed by atoms with E-state index in [0.717, 1.165) is 35.5 Å². The topological polar surface area (TPSA) is 109 Å². The van der Waals surface area contributed by atoms with Gasteiger partial charge in [-0.05, 0) is 44.3 Å². The van der Waals surface area contributed by atoms with Crippen LogP contribution >= 0.6 is 11.3 Å². The molecule has 0 aliphatic carbocycles. The molecule has 7 atom stereocenters. The van der Waals surface area contributed by atoms with E-state index in [0.29, 0.717) is 6.42 Å². The number of rotatable bonds is 2. The van der Waals surface area contributed by atoms with Gasteiger partial charge >= 0.3 is 5.97 Å². The maximum atomic E-state index is 13.2. The zero-order valence-electron chi connectivity index (χ0n) is 21.1. The van der Waals surface area contributed by atoms with Crippen LogP contribution in [0.2, 0.25) is 0 Å². The normalized spacial score (nSPS) is 36.0. The first-order valence-corrected chi connectivity index (χ1v) is 13.1. The molecule has 0 aromatic carbocycles. The van der Waals surface area contributed by atoms with Gasteiger partial charge in [0.25, 0.3) is 0 Å². The summed E-state index contributed by atoms with van der Waals surface area (Å²) in [7, 11) is 0. The van der Waals surface area contributed by atoms with Crippen molar-refractivity contribution in [1.29, 1.82) is 0 Å². The average molecular weight is 494 g/mol. The van der Waals surface area contributed by atoms with Crippen LogP contribution < -0.4 is 0 Å². The summed E-state index contributed by atoms with van der Waals surface area (Å²) in [5.74, 6) is -1.52. The summed E-state index contributed by atoms with van der Waals surface area (Å²) < 4.78 is 11.7. The second-order valence-corrected chi connectivity index (χ2v) is 11.7. The number of ketones is 1. The molecule has 2 fully saturated rings. The van der Waals surface area contributed by atoms with Gasteiger partial charge in [-0.15, -0.1) is 11.3 Å². The number of aryl methyl sites for hydroxylation is 1. The number of ether oxygens (including phenoxy) is 2. The minimum Gasteiger partial charge on any atom is -0.458 e. The maximum absolute atomic E-state index is 13.2. The van der Waals surface area contributed by atoms with E-state index >= 15 is 0 Å². The number of aromatic nitrogens is 1. The third-order valence-electron chi connectivity index (χ3n) is 7.41. The monoisotopic (exact) mass is 493 g/mol. The van der Waals surface area contributed by atoms with E-state index in [2.05, 4.69) is 4.98 Å². The molecule has 2 aliphatic rings. The van der Waals surface area contributed by atoms with Gasteiger partial charge in [-0.1, -0.05) is 34.1 Å². The third-order valence-corrected chi connectivity index (χ3v) is 8.20. The van der Waals surface area contributed by atoms with E-state index in [9.17, 15) is 19.8 Å². The first-order chi connectivity index (χ1) is 15.9. The zero-order chi connectivity index (χ0) is 25.2. The molecule has 0 saturated carbocycles. The standard InChI is InChI=1S/C26H39NO6S/c1-14-8-7-9-19-21(32-19)11-20(15(2)10-18-13-34-17(4)27-18)33-23(29)12-22(28)26(5,6)25(31)16(3)24(14)30/h10,13-14,16,19-22,24,28,30H,7-9,11-12H2,1-6H3/t14-,16+,19-,20-,21+,22-,24-/m0/s1. The Balaban J connectivity index is 1.81. The third kappa shape index (κ3) is 6.53. The molecule has 190 valence electrons. The van der Waals surface area contributed by atoms with Gasteiger partial charge in [0.1, 0.15) is 11.9 Å². The number of epoxide rings is 1. The molecule has 3 rings (SSSR count). The summed E-state index contributed by atoms with van der Waals surface area (Å²) in [6, 6.07) is 0. The quantitative estimate of drug-likeness (QED) is 0.472. The highest BCUT2D eigenvalue weighted by Gasteiger charge is 2.44. The SMILES string of the molecule is CC(=Cc1csc(C)n1)[C@@H]1C[C@H]2O[C@H]2CCC[C@H](C)[C@H](O)[C@@H](C)C(=O)C(C)(C)[C@@H](O)CC(=O)O1. The van der Waals surface area contributed by atoms with E-state index in [4.69, 9.17) is 9.47 Å². The Kier molecular flexibility index (Phi) is 8.71. The predicted molar refractivity (Wildman–Crippen MR) is 131 cm³/mol. The van der Waals surface area contributed by atoms with Gasteiger partial charge in [-0.2, -0.15) is 0 Å². The van der Waals surface area contributed by atoms with Crippen LogP contribution in [0.3, 0.4) is 0 Å². The molecule has 0 bridgehead atoms. The lowest BCUT2D eigenvalue weighted by Gasteiger charge is -2.34. The molecule has 3 heterocycles. The predicted octanol–water partition coefficient (Wildman–Crippen LogP) is 4.09. The van der Waals surface area contributed by atoms with Crippen LogP contribution in [-0.2, 0) is 19.1 Å². The van der Waals surface area contributed by atoms with Gasteiger partial charge in [0, 0.05) is 17.7 Å². The number of carbonyl (C=O) groups excluding carboxylic acids is 2. The van der Waals surface area contributed by atoms with Gasteiger partial charge in [0.05, 0.1) is 47.0 Å². The van der Waals surface area contributed by atoms with Crippen molar-refractivity contribution in [2.24, 2.45) is 17.3 Å². The van der Waals surface area contributed by atoms with E-state index in [1.165, 1.54) is 0 Å². The highest BCUT2D eigenvalue weighted by atomic mass is 32.1. The number of aliphatic hydroxyl groups is 2. The average Bonchev–Trinajstić information content (AvgIpc) is 3.38. The minimum absolute atomic E-state index is 0.00770. The van der Waals surface area contributed by atoms with Crippen LogP contribution in [0.1, 0.15) is 77.4 Å². The van der Waals surface area contributed by atoms with Crippen LogP contribution in [0.5, 0.6) is 0 Å². The Morgan fingerprint density at radius 1 is 1.21 bits per heavy atom. The number of Topliss-reactive ketones (excluding diaryl/α,β-unsaturated/α-hetero) is 1. The maximum Gasteiger partial charge on any atom is 0.309 e. The molecule has 34 heavy (non-hydrogen) atoms. The second-order valence-electron chi connectivity index (χ2n) is 10.6. The molecule has 0 amide bonds. The van der Waals surface area contributed by atoms with Crippen molar-refractivity contribution in [3.63, 3.8) is 0 Å². The van der Waals surface area contributed by atoms with E-state index in [1.807, 2.05) is 32.2 Å². The lowest BCUT2D eigenvalue weighted by atomic mass is 9.73. The first-order valence-electron chi connectivity index (χ1n) is 12.3. The van der Waals surface area contributed by atoms with Crippen molar-refractivity contribution in [3.05, 3.63) is 21.7 Å². The molecule has 1 aromatic heterocycles. The van der Waals surface area contributed by atoms with Crippen molar-refractivity contribution in [2.75, 3.05) is 0 Å². The number of fused-ring (bicyclic) bond motifs is 1. The van der Waals surface area contributed by atoms with Crippen molar-refractivity contribution in [1.82, 2.24) is 4.98 Å². The molecule has 1 aromatic rings. The highest BCUT2D eigenvalue weighted by Crippen LogP contribution is 2.36. The lowest BCUT2D eigenvalue weighted by molar-refractivity contribution is -0.154. The fourth-order valence-corrected chi connectivity index (χ4v) is 5.35. The van der Waals surface area contributed by atoms with Crippen LogP contribution in [-0.4, -0.2) is 57.5 Å². The smallest absolute Gasteiger partial charge is 0.309 e. The molecule has 0 unspecified atom stereocenters. The molecular weight excluding hydrogens is 454 g/mol. The molecule has 2 saturated heterocycles. The number of aliphatic hydroxyl groups excluding tert-OH is 2. The van der Waals surface area contributed by atoms with Gasteiger partial charge in [0.2, 0.25) is 0 Å². The largest absolute Gasteiger partial charge is 0.458 e. The number of hydrogen-bond acceptors (Lipinski definition) is 8. The summed E-state index contributed by atoms with van der Waals surface area (Å²) in [6.45, 7) is 10.8. The fourth-order valence-electron chi connectivity index (χ4n) is 4.78. The summed E-state index contributed by atoms with van der Waals surface area (Å²) in [5.41, 5.74) is 0.494. The van der Waals surface area contributed by atoms with Crippen molar-refractivity contribution in [2.45, 2.75) is 104 Å². The van der Waals surface area contributed by atoms with Crippen LogP contribution in [0, 0.1) is 24.2 Å². The Morgan fingerprint density at radius 3 is 2.56 bits per heavy atom. The Bertz CT molecular complexity index is 909. The zero-order valence-corrected chi connectivity index (χ0v) is 21.9. The number of hydrogen-bond donors (Lipinski definition) is 2. The van der Waals surface area contributed by atoms with Crippen molar-refractivity contribution < 1.29 is 29.3 Å². The van der Waals surface area contributed by atoms with E-state index in [-0.39, 0.29) is 30.3 Å². The van der Waals surface area contributed by atoms with Crippen LogP contribution in [0.15, 0.2) is 11.0 Å².